The van der Waals surface area contributed by atoms with E-state index in [1.807, 2.05) is 6.07 Å². The van der Waals surface area contributed by atoms with Crippen LogP contribution in [0, 0.1) is 11.3 Å². The van der Waals surface area contributed by atoms with E-state index in [1.54, 1.807) is 36.4 Å². The monoisotopic (exact) mass is 273 g/mol. The second-order valence-corrected chi connectivity index (χ2v) is 4.77. The van der Waals surface area contributed by atoms with Crippen molar-refractivity contribution in [3.63, 3.8) is 0 Å². The Bertz CT molecular complexity index is 1040. The van der Waals surface area contributed by atoms with Gasteiger partial charge < -0.3 is 0 Å². The van der Waals surface area contributed by atoms with E-state index in [-0.39, 0.29) is 17.2 Å². The van der Waals surface area contributed by atoms with Crippen molar-refractivity contribution in [3.8, 4) is 11.8 Å². The third-order valence-electron chi connectivity index (χ3n) is 3.59. The van der Waals surface area contributed by atoms with Gasteiger partial charge in [0.15, 0.2) is 5.82 Å². The van der Waals surface area contributed by atoms with E-state index in [0.29, 0.717) is 27.7 Å². The first kappa shape index (κ1) is 11.6. The van der Waals surface area contributed by atoms with Crippen molar-refractivity contribution in [1.29, 1.82) is 5.26 Å². The van der Waals surface area contributed by atoms with E-state index in [0.717, 1.165) is 0 Å². The number of aromatic nitrogens is 2. The minimum absolute atomic E-state index is 0.101. The number of hydrogen-bond donors (Lipinski definition) is 0. The van der Waals surface area contributed by atoms with Gasteiger partial charge in [-0.1, -0.05) is 12.1 Å². The lowest BCUT2D eigenvalue weighted by molar-refractivity contribution is 0.103. The minimum Gasteiger partial charge on any atom is -0.285 e. The van der Waals surface area contributed by atoms with Gasteiger partial charge in [-0.3, -0.25) is 14.2 Å². The number of nitrogens with zero attached hydrogens (tertiary/aromatic N) is 3. The topological polar surface area (TPSA) is 75.8 Å². The zero-order valence-electron chi connectivity index (χ0n) is 10.7. The van der Waals surface area contributed by atoms with Crippen molar-refractivity contribution in [1.82, 2.24) is 9.55 Å². The van der Waals surface area contributed by atoms with Gasteiger partial charge in [0.1, 0.15) is 0 Å². The largest absolute Gasteiger partial charge is 0.285 e. The van der Waals surface area contributed by atoms with Gasteiger partial charge in [0.25, 0.3) is 5.56 Å². The molecule has 0 radical (unpaired) electrons. The van der Waals surface area contributed by atoms with Crippen LogP contribution in [0.25, 0.3) is 16.6 Å². The molecule has 2 aromatic carbocycles. The van der Waals surface area contributed by atoms with Gasteiger partial charge in [-0.15, -0.1) is 0 Å². The summed E-state index contributed by atoms with van der Waals surface area (Å²) in [6, 6.07) is 13.6. The average Bonchev–Trinajstić information content (AvgIpc) is 2.80. The predicted molar refractivity (Wildman–Crippen MR) is 75.5 cm³/mol. The predicted octanol–water partition coefficient (Wildman–Crippen LogP) is 1.80. The van der Waals surface area contributed by atoms with Crippen LogP contribution >= 0.6 is 0 Å². The molecule has 21 heavy (non-hydrogen) atoms. The van der Waals surface area contributed by atoms with E-state index < -0.39 is 0 Å². The number of fused-ring (bicyclic) bond motifs is 4. The minimum atomic E-state index is -0.329. The summed E-state index contributed by atoms with van der Waals surface area (Å²) in [6.45, 7) is 0. The van der Waals surface area contributed by atoms with Crippen molar-refractivity contribution in [3.05, 3.63) is 69.8 Å². The Hall–Kier alpha value is -3.26. The smallest absolute Gasteiger partial charge is 0.266 e. The van der Waals surface area contributed by atoms with Gasteiger partial charge in [-0.2, -0.15) is 5.26 Å². The molecule has 4 rings (SSSR count). The van der Waals surface area contributed by atoms with Crippen molar-refractivity contribution in [2.45, 2.75) is 0 Å². The lowest BCUT2D eigenvalue weighted by atomic mass is 10.1. The van der Waals surface area contributed by atoms with E-state index in [4.69, 9.17) is 5.26 Å². The highest BCUT2D eigenvalue weighted by Crippen LogP contribution is 2.26. The molecular formula is C16H7N3O2. The molecule has 0 amide bonds. The Balaban J connectivity index is 2.16. The molecule has 0 N–H and O–H groups in total. The number of carbonyl (C=O) groups excluding carboxylic acids is 1. The first-order valence-corrected chi connectivity index (χ1v) is 6.32. The molecule has 3 aromatic rings. The summed E-state index contributed by atoms with van der Waals surface area (Å²) in [7, 11) is 0. The molecule has 0 fully saturated rings. The van der Waals surface area contributed by atoms with Crippen LogP contribution in [0.3, 0.4) is 0 Å². The van der Waals surface area contributed by atoms with Gasteiger partial charge in [-0.25, -0.2) is 4.98 Å². The lowest BCUT2D eigenvalue weighted by Crippen LogP contribution is -2.21. The lowest BCUT2D eigenvalue weighted by Gasteiger charge is -2.05. The Morgan fingerprint density at radius 3 is 2.71 bits per heavy atom. The summed E-state index contributed by atoms with van der Waals surface area (Å²) in [6.07, 6.45) is 0. The maximum absolute atomic E-state index is 12.6. The van der Waals surface area contributed by atoms with Gasteiger partial charge in [0.2, 0.25) is 5.78 Å². The molecule has 0 spiro atoms. The Labute approximate surface area is 118 Å². The zero-order valence-corrected chi connectivity index (χ0v) is 10.7. The second kappa shape index (κ2) is 3.87. The Morgan fingerprint density at radius 1 is 1.10 bits per heavy atom. The van der Waals surface area contributed by atoms with Gasteiger partial charge in [0.05, 0.1) is 33.8 Å². The van der Waals surface area contributed by atoms with Crippen LogP contribution in [0.2, 0.25) is 0 Å². The SMILES string of the molecule is N#Cc1ccc2c(c1)C(=O)c1nc3ccccc3c(=O)n1-2. The Kier molecular flexibility index (Phi) is 2.13. The molecule has 0 bridgehead atoms. The summed E-state index contributed by atoms with van der Waals surface area (Å²) >= 11 is 0. The number of hydrogen-bond acceptors (Lipinski definition) is 4. The maximum Gasteiger partial charge on any atom is 0.266 e. The number of carbonyl (C=O) groups is 1. The first-order chi connectivity index (χ1) is 10.2. The van der Waals surface area contributed by atoms with E-state index >= 15 is 0 Å². The standard InChI is InChI=1S/C16H7N3O2/c17-8-9-5-6-13-11(7-9)14(20)15-18-12-4-2-1-3-10(12)16(21)19(13)15/h1-7H. The zero-order chi connectivity index (χ0) is 14.6. The fraction of sp³-hybridized carbons (Fsp3) is 0. The molecule has 1 aromatic heterocycles. The molecule has 0 unspecified atom stereocenters. The van der Waals surface area contributed by atoms with Gasteiger partial charge in [-0.05, 0) is 30.3 Å². The van der Waals surface area contributed by atoms with E-state index in [9.17, 15) is 9.59 Å². The van der Waals surface area contributed by atoms with Crippen molar-refractivity contribution < 1.29 is 4.79 Å². The number of nitriles is 1. The van der Waals surface area contributed by atoms with Gasteiger partial charge >= 0.3 is 0 Å². The fourth-order valence-corrected chi connectivity index (χ4v) is 2.61. The van der Waals surface area contributed by atoms with Crippen LogP contribution in [0.5, 0.6) is 0 Å². The molecule has 5 heteroatoms. The van der Waals surface area contributed by atoms with E-state index in [2.05, 4.69) is 4.98 Å². The quantitative estimate of drug-likeness (QED) is 0.489. The molecule has 0 atom stereocenters. The summed E-state index contributed by atoms with van der Waals surface area (Å²) in [5.74, 6) is -0.228. The van der Waals surface area contributed by atoms with E-state index in [1.165, 1.54) is 10.6 Å². The normalized spacial score (nSPS) is 12.0. The third kappa shape index (κ3) is 1.41. The summed E-state index contributed by atoms with van der Waals surface area (Å²) in [4.78, 5) is 29.3. The van der Waals surface area contributed by atoms with Crippen LogP contribution in [-0.4, -0.2) is 15.3 Å². The fourth-order valence-electron chi connectivity index (χ4n) is 2.61. The van der Waals surface area contributed by atoms with Crippen molar-refractivity contribution in [2.24, 2.45) is 0 Å². The van der Waals surface area contributed by atoms with Crippen LogP contribution in [0.1, 0.15) is 21.7 Å². The highest BCUT2D eigenvalue weighted by atomic mass is 16.1. The Morgan fingerprint density at radius 2 is 1.90 bits per heavy atom. The number of para-hydroxylation sites is 1. The third-order valence-corrected chi connectivity index (χ3v) is 3.59. The molecule has 0 aliphatic carbocycles. The van der Waals surface area contributed by atoms with Crippen LogP contribution in [0.15, 0.2) is 47.3 Å². The molecule has 98 valence electrons. The molecule has 0 saturated carbocycles. The van der Waals surface area contributed by atoms with Crippen molar-refractivity contribution >= 4 is 16.7 Å². The summed E-state index contributed by atoms with van der Waals surface area (Å²) < 4.78 is 1.32. The number of rotatable bonds is 0. The highest BCUT2D eigenvalue weighted by molar-refractivity contribution is 6.13. The molecule has 0 saturated heterocycles. The number of ketones is 1. The van der Waals surface area contributed by atoms with Crippen LogP contribution in [-0.2, 0) is 0 Å². The summed E-state index contributed by atoms with van der Waals surface area (Å²) in [5.41, 5.74) is 1.43. The molecule has 2 heterocycles. The van der Waals surface area contributed by atoms with Gasteiger partial charge in [0, 0.05) is 0 Å². The molecule has 1 aliphatic heterocycles. The maximum atomic E-state index is 12.6. The first-order valence-electron chi connectivity index (χ1n) is 6.32. The molecular weight excluding hydrogens is 266 g/mol. The summed E-state index contributed by atoms with van der Waals surface area (Å²) in [5, 5.41) is 9.40. The van der Waals surface area contributed by atoms with Crippen LogP contribution in [0.4, 0.5) is 0 Å². The molecule has 5 nitrogen and oxygen atoms in total. The highest BCUT2D eigenvalue weighted by Gasteiger charge is 2.30. The molecule has 1 aliphatic rings. The van der Waals surface area contributed by atoms with Crippen LogP contribution < -0.4 is 5.56 Å². The number of benzene rings is 2. The second-order valence-electron chi connectivity index (χ2n) is 4.77. The van der Waals surface area contributed by atoms with Crippen molar-refractivity contribution in [2.75, 3.05) is 0 Å². The average molecular weight is 273 g/mol.